The van der Waals surface area contributed by atoms with Crippen LogP contribution in [0.1, 0.15) is 25.8 Å². The number of nitrogens with zero attached hydrogens (tertiary/aromatic N) is 2. The van der Waals surface area contributed by atoms with Crippen LogP contribution in [0.2, 0.25) is 0 Å². The van der Waals surface area contributed by atoms with Gasteiger partial charge >= 0.3 is 0 Å². The smallest absolute Gasteiger partial charge is 0.283 e. The quantitative estimate of drug-likeness (QED) is 0.425. The van der Waals surface area contributed by atoms with Gasteiger partial charge in [-0.2, -0.15) is 0 Å². The van der Waals surface area contributed by atoms with Crippen molar-refractivity contribution in [3.05, 3.63) is 38.3 Å². The lowest BCUT2D eigenvalue weighted by molar-refractivity contribution is -0.385. The Balaban J connectivity index is 2.46. The molecule has 0 unspecified atom stereocenters. The Hall–Kier alpha value is -0.980. The van der Waals surface area contributed by atoms with Gasteiger partial charge in [0.15, 0.2) is 0 Å². The molecule has 0 heterocycles. The van der Waals surface area contributed by atoms with Gasteiger partial charge in [-0.15, -0.1) is 0 Å². The predicted molar refractivity (Wildman–Crippen MR) is 84.9 cm³/mol. The van der Waals surface area contributed by atoms with Crippen molar-refractivity contribution in [1.82, 2.24) is 10.2 Å². The molecule has 1 N–H and O–H groups in total. The SMILES string of the molecule is CCCN(CC)CCNCc1cccc([N+](=O)[O-])c1Br. The molecule has 112 valence electrons. The zero-order valence-corrected chi connectivity index (χ0v) is 13.6. The van der Waals surface area contributed by atoms with Gasteiger partial charge in [-0.1, -0.05) is 26.0 Å². The van der Waals surface area contributed by atoms with E-state index in [-0.39, 0.29) is 10.6 Å². The summed E-state index contributed by atoms with van der Waals surface area (Å²) in [6.45, 7) is 9.00. The predicted octanol–water partition coefficient (Wildman–Crippen LogP) is 3.18. The molecule has 0 saturated carbocycles. The van der Waals surface area contributed by atoms with Crippen molar-refractivity contribution in [2.24, 2.45) is 0 Å². The monoisotopic (exact) mass is 343 g/mol. The lowest BCUT2D eigenvalue weighted by Crippen LogP contribution is -2.32. The molecule has 0 radical (unpaired) electrons. The number of nitro groups is 1. The third-order valence-corrected chi connectivity index (χ3v) is 4.08. The zero-order chi connectivity index (χ0) is 15.0. The highest BCUT2D eigenvalue weighted by atomic mass is 79.9. The summed E-state index contributed by atoms with van der Waals surface area (Å²) in [4.78, 5) is 12.9. The van der Waals surface area contributed by atoms with E-state index in [1.165, 1.54) is 6.07 Å². The van der Waals surface area contributed by atoms with Crippen molar-refractivity contribution >= 4 is 21.6 Å². The van der Waals surface area contributed by atoms with Crippen LogP contribution in [-0.2, 0) is 6.54 Å². The van der Waals surface area contributed by atoms with Gasteiger partial charge in [0.05, 0.1) is 9.40 Å². The van der Waals surface area contributed by atoms with Crippen LogP contribution in [0.4, 0.5) is 5.69 Å². The highest BCUT2D eigenvalue weighted by Crippen LogP contribution is 2.27. The number of likely N-dealkylation sites (N-methyl/N-ethyl adjacent to an activating group) is 1. The molecule has 1 rings (SSSR count). The maximum Gasteiger partial charge on any atom is 0.283 e. The summed E-state index contributed by atoms with van der Waals surface area (Å²) in [5.41, 5.74) is 1.03. The van der Waals surface area contributed by atoms with Gasteiger partial charge in [0.25, 0.3) is 5.69 Å². The summed E-state index contributed by atoms with van der Waals surface area (Å²) in [6, 6.07) is 5.12. The average Bonchev–Trinajstić information content (AvgIpc) is 2.43. The van der Waals surface area contributed by atoms with E-state index in [2.05, 4.69) is 40.0 Å². The van der Waals surface area contributed by atoms with Crippen LogP contribution in [0.3, 0.4) is 0 Å². The first-order chi connectivity index (χ1) is 9.60. The first kappa shape index (κ1) is 17.1. The summed E-state index contributed by atoms with van der Waals surface area (Å²) >= 11 is 3.31. The largest absolute Gasteiger partial charge is 0.311 e. The van der Waals surface area contributed by atoms with Gasteiger partial charge in [0.1, 0.15) is 0 Å². The molecule has 0 aliphatic heterocycles. The van der Waals surface area contributed by atoms with Crippen molar-refractivity contribution in [1.29, 1.82) is 0 Å². The summed E-state index contributed by atoms with van der Waals surface area (Å²) in [7, 11) is 0. The van der Waals surface area contributed by atoms with E-state index in [9.17, 15) is 10.1 Å². The second kappa shape index (κ2) is 9.05. The standard InChI is InChI=1S/C14H22BrN3O2/c1-3-9-17(4-2)10-8-16-11-12-6-5-7-13(14(12)15)18(19)20/h5-7,16H,3-4,8-11H2,1-2H3. The molecule has 0 spiro atoms. The van der Waals surface area contributed by atoms with E-state index < -0.39 is 0 Å². The van der Waals surface area contributed by atoms with Crippen LogP contribution in [0, 0.1) is 10.1 Å². The molecular formula is C14H22BrN3O2. The third kappa shape index (κ3) is 5.19. The molecule has 6 heteroatoms. The van der Waals surface area contributed by atoms with Crippen molar-refractivity contribution < 1.29 is 4.92 Å². The minimum Gasteiger partial charge on any atom is -0.311 e. The Morgan fingerprint density at radius 3 is 2.70 bits per heavy atom. The van der Waals surface area contributed by atoms with E-state index in [1.807, 2.05) is 6.07 Å². The number of nitro benzene ring substituents is 1. The second-order valence-corrected chi connectivity index (χ2v) is 5.41. The lowest BCUT2D eigenvalue weighted by atomic mass is 10.2. The summed E-state index contributed by atoms with van der Waals surface area (Å²) in [5.74, 6) is 0. The summed E-state index contributed by atoms with van der Waals surface area (Å²) in [5, 5.41) is 14.2. The van der Waals surface area contributed by atoms with Crippen molar-refractivity contribution in [2.75, 3.05) is 26.2 Å². The molecule has 1 aromatic carbocycles. The Bertz CT molecular complexity index is 440. The fraction of sp³-hybridized carbons (Fsp3) is 0.571. The molecule has 0 aliphatic carbocycles. The average molecular weight is 344 g/mol. The fourth-order valence-electron chi connectivity index (χ4n) is 2.05. The molecule has 20 heavy (non-hydrogen) atoms. The Labute approximate surface area is 128 Å². The Morgan fingerprint density at radius 2 is 2.10 bits per heavy atom. The highest BCUT2D eigenvalue weighted by Gasteiger charge is 2.14. The number of rotatable bonds is 9. The Morgan fingerprint density at radius 1 is 1.35 bits per heavy atom. The summed E-state index contributed by atoms with van der Waals surface area (Å²) in [6.07, 6.45) is 1.16. The Kier molecular flexibility index (Phi) is 7.72. The van der Waals surface area contributed by atoms with Gasteiger partial charge in [-0.05, 0) is 41.0 Å². The molecule has 0 fully saturated rings. The fourth-order valence-corrected chi connectivity index (χ4v) is 2.60. The zero-order valence-electron chi connectivity index (χ0n) is 12.1. The van der Waals surface area contributed by atoms with Gasteiger partial charge in [0.2, 0.25) is 0 Å². The number of nitrogens with one attached hydrogen (secondary N) is 1. The van der Waals surface area contributed by atoms with Gasteiger partial charge in [0, 0.05) is 25.7 Å². The molecule has 0 atom stereocenters. The van der Waals surface area contributed by atoms with E-state index in [0.717, 1.165) is 38.2 Å². The topological polar surface area (TPSA) is 58.4 Å². The van der Waals surface area contributed by atoms with E-state index >= 15 is 0 Å². The number of hydrogen-bond donors (Lipinski definition) is 1. The molecule has 5 nitrogen and oxygen atoms in total. The van der Waals surface area contributed by atoms with Crippen LogP contribution in [-0.4, -0.2) is 36.0 Å². The van der Waals surface area contributed by atoms with Crippen molar-refractivity contribution in [3.63, 3.8) is 0 Å². The normalized spacial score (nSPS) is 11.0. The molecule has 1 aromatic rings. The first-order valence-corrected chi connectivity index (χ1v) is 7.74. The molecule has 0 bridgehead atoms. The number of hydrogen-bond acceptors (Lipinski definition) is 4. The van der Waals surface area contributed by atoms with Crippen molar-refractivity contribution in [2.45, 2.75) is 26.8 Å². The van der Waals surface area contributed by atoms with E-state index in [0.29, 0.717) is 11.0 Å². The van der Waals surface area contributed by atoms with Crippen molar-refractivity contribution in [3.8, 4) is 0 Å². The highest BCUT2D eigenvalue weighted by molar-refractivity contribution is 9.10. The molecule has 0 saturated heterocycles. The maximum atomic E-state index is 10.9. The third-order valence-electron chi connectivity index (χ3n) is 3.16. The van der Waals surface area contributed by atoms with Gasteiger partial charge in [-0.3, -0.25) is 10.1 Å². The van der Waals surface area contributed by atoms with Gasteiger partial charge < -0.3 is 10.2 Å². The van der Waals surface area contributed by atoms with E-state index in [1.54, 1.807) is 6.07 Å². The van der Waals surface area contributed by atoms with Crippen LogP contribution < -0.4 is 5.32 Å². The number of benzene rings is 1. The molecule has 0 amide bonds. The molecule has 0 aromatic heterocycles. The van der Waals surface area contributed by atoms with Crippen LogP contribution in [0.5, 0.6) is 0 Å². The lowest BCUT2D eigenvalue weighted by Gasteiger charge is -2.19. The minimum absolute atomic E-state index is 0.116. The van der Waals surface area contributed by atoms with Crippen LogP contribution in [0.15, 0.2) is 22.7 Å². The molecular weight excluding hydrogens is 322 g/mol. The molecule has 0 aliphatic rings. The number of halogens is 1. The maximum absolute atomic E-state index is 10.9. The van der Waals surface area contributed by atoms with Gasteiger partial charge in [-0.25, -0.2) is 0 Å². The first-order valence-electron chi connectivity index (χ1n) is 6.95. The summed E-state index contributed by atoms with van der Waals surface area (Å²) < 4.78 is 0.568. The second-order valence-electron chi connectivity index (χ2n) is 4.62. The minimum atomic E-state index is -0.367. The van der Waals surface area contributed by atoms with E-state index in [4.69, 9.17) is 0 Å². The van der Waals surface area contributed by atoms with Crippen LogP contribution >= 0.6 is 15.9 Å². The van der Waals surface area contributed by atoms with Crippen LogP contribution in [0.25, 0.3) is 0 Å².